The van der Waals surface area contributed by atoms with Crippen molar-refractivity contribution in [2.24, 2.45) is 0 Å². The molecule has 0 N–H and O–H groups in total. The summed E-state index contributed by atoms with van der Waals surface area (Å²) in [5, 5.41) is 0. The second-order valence-corrected chi connectivity index (χ2v) is 12.0. The third-order valence-corrected chi connectivity index (χ3v) is 9.79. The van der Waals surface area contributed by atoms with E-state index in [-0.39, 0.29) is 24.4 Å². The first-order chi connectivity index (χ1) is 19.7. The Morgan fingerprint density at radius 2 is 0.780 bits per heavy atom. The van der Waals surface area contributed by atoms with Crippen molar-refractivity contribution in [3.05, 3.63) is 116 Å². The fourth-order valence-corrected chi connectivity index (χ4v) is 6.96. The van der Waals surface area contributed by atoms with E-state index in [0.29, 0.717) is 13.2 Å². The number of epoxide rings is 2. The van der Waals surface area contributed by atoms with Gasteiger partial charge in [0.15, 0.2) is 0 Å². The van der Waals surface area contributed by atoms with E-state index in [9.17, 15) is 0 Å². The minimum absolute atomic E-state index is 0.101. The van der Waals surface area contributed by atoms with E-state index < -0.39 is 0 Å². The minimum Gasteiger partial charge on any atom is -0.376 e. The van der Waals surface area contributed by atoms with E-state index in [1.165, 1.54) is 77.9 Å². The van der Waals surface area contributed by atoms with E-state index >= 15 is 0 Å². The molecule has 0 bridgehead atoms. The highest BCUT2D eigenvalue weighted by Gasteiger charge is 2.46. The highest BCUT2D eigenvalue weighted by atomic mass is 16.6. The first kappa shape index (κ1) is 27.9. The van der Waals surface area contributed by atoms with Crippen LogP contribution in [0.15, 0.2) is 60.7 Å². The third kappa shape index (κ3) is 4.95. The molecule has 41 heavy (non-hydrogen) atoms. The summed E-state index contributed by atoms with van der Waals surface area (Å²) in [4.78, 5) is 0. The molecule has 4 aromatic carbocycles. The maximum atomic E-state index is 6.20. The molecule has 2 saturated heterocycles. The molecule has 3 nitrogen and oxygen atoms in total. The van der Waals surface area contributed by atoms with Crippen molar-refractivity contribution < 1.29 is 14.2 Å². The second-order valence-electron chi connectivity index (χ2n) is 12.0. The summed E-state index contributed by atoms with van der Waals surface area (Å²) in [6, 6.07) is 21.4. The van der Waals surface area contributed by atoms with Gasteiger partial charge in [0.05, 0.1) is 13.2 Å². The van der Waals surface area contributed by atoms with Gasteiger partial charge in [-0.1, -0.05) is 60.7 Å². The Balaban J connectivity index is 1.11. The van der Waals surface area contributed by atoms with Crippen LogP contribution in [-0.4, -0.2) is 25.4 Å². The summed E-state index contributed by atoms with van der Waals surface area (Å²) >= 11 is 0. The van der Waals surface area contributed by atoms with Gasteiger partial charge in [-0.3, -0.25) is 0 Å². The molecule has 0 saturated carbocycles. The van der Waals surface area contributed by atoms with Gasteiger partial charge in [0.2, 0.25) is 0 Å². The molecule has 212 valence electrons. The largest absolute Gasteiger partial charge is 0.376 e. The van der Waals surface area contributed by atoms with Crippen LogP contribution in [0.4, 0.5) is 0 Å². The topological polar surface area (TPSA) is 34.3 Å². The van der Waals surface area contributed by atoms with E-state index in [4.69, 9.17) is 14.2 Å². The maximum Gasteiger partial charge on any atom is 0.112 e. The van der Waals surface area contributed by atoms with Gasteiger partial charge < -0.3 is 14.2 Å². The van der Waals surface area contributed by atoms with Crippen LogP contribution < -0.4 is 0 Å². The molecule has 2 heterocycles. The Hall–Kier alpha value is -3.24. The molecule has 2 fully saturated rings. The molecule has 0 aromatic heterocycles. The van der Waals surface area contributed by atoms with E-state index in [1.807, 2.05) is 0 Å². The maximum absolute atomic E-state index is 6.20. The lowest BCUT2D eigenvalue weighted by atomic mass is 9.84. The quantitative estimate of drug-likeness (QED) is 0.207. The number of hydrogen-bond donors (Lipinski definition) is 0. The van der Waals surface area contributed by atoms with Crippen molar-refractivity contribution in [1.29, 1.82) is 0 Å². The van der Waals surface area contributed by atoms with Crippen molar-refractivity contribution in [2.75, 3.05) is 13.2 Å². The summed E-state index contributed by atoms with van der Waals surface area (Å²) in [6.07, 6.45) is 0.412. The molecule has 4 unspecified atom stereocenters. The van der Waals surface area contributed by atoms with E-state index in [2.05, 4.69) is 116 Å². The zero-order chi connectivity index (χ0) is 29.0. The van der Waals surface area contributed by atoms with Crippen LogP contribution in [0.5, 0.6) is 0 Å². The fraction of sp³-hybridized carbons (Fsp3) is 0.368. The number of ether oxygens (including phenoxy) is 3. The Morgan fingerprint density at radius 3 is 1.10 bits per heavy atom. The molecule has 0 aliphatic carbocycles. The van der Waals surface area contributed by atoms with Crippen LogP contribution in [0.3, 0.4) is 0 Å². The molecule has 4 aromatic rings. The summed E-state index contributed by atoms with van der Waals surface area (Å²) in [5.74, 6) is 0. The molecular weight excluding hydrogens is 504 g/mol. The minimum atomic E-state index is 0.101. The van der Waals surface area contributed by atoms with Crippen molar-refractivity contribution >= 4 is 0 Å². The molecular formula is C38H42O3. The van der Waals surface area contributed by atoms with Crippen molar-refractivity contribution in [1.82, 2.24) is 0 Å². The van der Waals surface area contributed by atoms with Gasteiger partial charge in [0.1, 0.15) is 24.4 Å². The first-order valence-corrected chi connectivity index (χ1v) is 14.9. The second kappa shape index (κ2) is 10.9. The summed E-state index contributed by atoms with van der Waals surface area (Å²) < 4.78 is 18.6. The van der Waals surface area contributed by atoms with Crippen LogP contribution >= 0.6 is 0 Å². The lowest BCUT2D eigenvalue weighted by Crippen LogP contribution is -2.10. The summed E-state index contributed by atoms with van der Waals surface area (Å²) in [6.45, 7) is 19.1. The molecule has 2 aliphatic rings. The van der Waals surface area contributed by atoms with Gasteiger partial charge >= 0.3 is 0 Å². The molecule has 6 rings (SSSR count). The van der Waals surface area contributed by atoms with E-state index in [1.54, 1.807) is 0 Å². The number of benzene rings is 4. The molecule has 0 amide bonds. The van der Waals surface area contributed by atoms with Gasteiger partial charge in [-0.05, 0) is 133 Å². The van der Waals surface area contributed by atoms with Crippen LogP contribution in [-0.2, 0) is 14.2 Å². The normalized spacial score (nSPS) is 21.3. The van der Waals surface area contributed by atoms with Crippen LogP contribution in [0.25, 0.3) is 22.3 Å². The van der Waals surface area contributed by atoms with E-state index in [0.717, 1.165) is 0 Å². The van der Waals surface area contributed by atoms with Crippen LogP contribution in [0.2, 0.25) is 0 Å². The van der Waals surface area contributed by atoms with Crippen LogP contribution in [0, 0.1) is 55.4 Å². The lowest BCUT2D eigenvalue weighted by molar-refractivity contribution is 0.102. The van der Waals surface area contributed by atoms with Crippen LogP contribution in [0.1, 0.15) is 67.8 Å². The average Bonchev–Trinajstić information content (AvgIpc) is 3.91. The molecule has 0 radical (unpaired) electrons. The first-order valence-electron chi connectivity index (χ1n) is 14.9. The predicted molar refractivity (Wildman–Crippen MR) is 168 cm³/mol. The van der Waals surface area contributed by atoms with Gasteiger partial charge in [-0.2, -0.15) is 0 Å². The molecule has 3 heteroatoms. The highest BCUT2D eigenvalue weighted by Crippen LogP contribution is 2.48. The Morgan fingerprint density at radius 1 is 0.463 bits per heavy atom. The molecule has 0 spiro atoms. The van der Waals surface area contributed by atoms with Crippen molar-refractivity contribution in [2.45, 2.75) is 79.8 Å². The fourth-order valence-electron chi connectivity index (χ4n) is 6.96. The zero-order valence-electron chi connectivity index (χ0n) is 25.7. The molecule has 2 aliphatic heterocycles. The Labute approximate surface area is 245 Å². The standard InChI is InChI=1S/C38H42O3/c1-21-25(5)35(26(6)22(2)33(21)29-15-11-9-12-16-29)37-31(40-37)19-39-20-32-38(41-32)36-27(7)23(3)34(24(4)28(36)8)30-17-13-10-14-18-30/h9-18,31-32,37-38H,19-20H2,1-8H3. The third-order valence-electron chi connectivity index (χ3n) is 9.79. The van der Waals surface area contributed by atoms with Gasteiger partial charge in [0.25, 0.3) is 0 Å². The number of hydrogen-bond acceptors (Lipinski definition) is 3. The van der Waals surface area contributed by atoms with Gasteiger partial charge in [-0.15, -0.1) is 0 Å². The van der Waals surface area contributed by atoms with Gasteiger partial charge in [-0.25, -0.2) is 0 Å². The number of rotatable bonds is 8. The lowest BCUT2D eigenvalue weighted by Gasteiger charge is -2.20. The van der Waals surface area contributed by atoms with Crippen molar-refractivity contribution in [3.8, 4) is 22.3 Å². The average molecular weight is 547 g/mol. The molecule has 4 atom stereocenters. The Bertz CT molecular complexity index is 1420. The van der Waals surface area contributed by atoms with Crippen molar-refractivity contribution in [3.63, 3.8) is 0 Å². The van der Waals surface area contributed by atoms with Gasteiger partial charge in [0, 0.05) is 0 Å². The SMILES string of the molecule is Cc1c(C)c(C2OC2COCC2OC2c2c(C)c(C)c(-c3ccccc3)c(C)c2C)c(C)c(C)c1-c1ccccc1. The summed E-state index contributed by atoms with van der Waals surface area (Å²) in [7, 11) is 0. The predicted octanol–water partition coefficient (Wildman–Crippen LogP) is 9.08. The highest BCUT2D eigenvalue weighted by molar-refractivity contribution is 5.76. The zero-order valence-corrected chi connectivity index (χ0v) is 25.7. The summed E-state index contributed by atoms with van der Waals surface area (Å²) in [5.41, 5.74) is 18.6. The monoisotopic (exact) mass is 546 g/mol. The smallest absolute Gasteiger partial charge is 0.112 e. The Kier molecular flexibility index (Phi) is 7.40.